The standard InChI is InChI=1S/C14H22N2O3/c1-3-4-5-6-7-8-12(17)16-11-9-15-10(2)13(11)14(18)19/h9,15H,3-8H2,1-2H3,(H,16,17)(H,18,19). The molecule has 1 aromatic heterocycles. The predicted octanol–water partition coefficient (Wildman–Crippen LogP) is 3.32. The monoisotopic (exact) mass is 266 g/mol. The number of hydrogen-bond acceptors (Lipinski definition) is 2. The molecule has 19 heavy (non-hydrogen) atoms. The van der Waals surface area contributed by atoms with E-state index in [4.69, 9.17) is 5.11 Å². The predicted molar refractivity (Wildman–Crippen MR) is 74.5 cm³/mol. The van der Waals surface area contributed by atoms with E-state index in [1.165, 1.54) is 19.0 Å². The van der Waals surface area contributed by atoms with Gasteiger partial charge < -0.3 is 15.4 Å². The number of nitrogens with one attached hydrogen (secondary N) is 2. The van der Waals surface area contributed by atoms with Gasteiger partial charge in [-0.3, -0.25) is 4.79 Å². The van der Waals surface area contributed by atoms with Crippen LogP contribution < -0.4 is 5.32 Å². The average Bonchev–Trinajstić information content (AvgIpc) is 2.70. The zero-order chi connectivity index (χ0) is 14.3. The van der Waals surface area contributed by atoms with Crippen molar-refractivity contribution in [3.63, 3.8) is 0 Å². The molecule has 0 aromatic carbocycles. The number of amides is 1. The van der Waals surface area contributed by atoms with Gasteiger partial charge in [0.1, 0.15) is 5.56 Å². The Kier molecular flexibility index (Phi) is 6.12. The van der Waals surface area contributed by atoms with Gasteiger partial charge in [-0.1, -0.05) is 32.6 Å². The molecule has 3 N–H and O–H groups in total. The highest BCUT2D eigenvalue weighted by Gasteiger charge is 2.16. The van der Waals surface area contributed by atoms with E-state index in [-0.39, 0.29) is 11.5 Å². The first-order valence-electron chi connectivity index (χ1n) is 6.77. The van der Waals surface area contributed by atoms with Gasteiger partial charge in [-0.2, -0.15) is 0 Å². The van der Waals surface area contributed by atoms with E-state index in [9.17, 15) is 9.59 Å². The first kappa shape index (κ1) is 15.3. The summed E-state index contributed by atoms with van der Waals surface area (Å²) in [6.07, 6.45) is 7.36. The minimum absolute atomic E-state index is 0.127. The quantitative estimate of drug-likeness (QED) is 0.631. The lowest BCUT2D eigenvalue weighted by atomic mass is 10.1. The number of aromatic nitrogens is 1. The number of carbonyl (C=O) groups excluding carboxylic acids is 1. The summed E-state index contributed by atoms with van der Waals surface area (Å²) in [4.78, 5) is 25.6. The van der Waals surface area contributed by atoms with Gasteiger partial charge in [0.15, 0.2) is 0 Å². The van der Waals surface area contributed by atoms with Crippen LogP contribution in [0.4, 0.5) is 5.69 Å². The van der Waals surface area contributed by atoms with E-state index in [1.54, 1.807) is 6.92 Å². The Morgan fingerprint density at radius 2 is 1.95 bits per heavy atom. The van der Waals surface area contributed by atoms with Crippen molar-refractivity contribution in [1.29, 1.82) is 0 Å². The van der Waals surface area contributed by atoms with Crippen LogP contribution in [-0.2, 0) is 4.79 Å². The van der Waals surface area contributed by atoms with Gasteiger partial charge in [0.05, 0.1) is 5.69 Å². The molecule has 0 spiro atoms. The molecule has 0 saturated heterocycles. The molecule has 1 aromatic rings. The van der Waals surface area contributed by atoms with Gasteiger partial charge in [0, 0.05) is 18.3 Å². The van der Waals surface area contributed by atoms with Gasteiger partial charge in [-0.15, -0.1) is 0 Å². The van der Waals surface area contributed by atoms with Crippen molar-refractivity contribution in [2.45, 2.75) is 52.4 Å². The van der Waals surface area contributed by atoms with Crippen LogP contribution in [0.25, 0.3) is 0 Å². The van der Waals surface area contributed by atoms with Crippen molar-refractivity contribution in [2.75, 3.05) is 5.32 Å². The molecule has 0 radical (unpaired) electrons. The molecular weight excluding hydrogens is 244 g/mol. The molecule has 0 aliphatic heterocycles. The smallest absolute Gasteiger partial charge is 0.339 e. The fraction of sp³-hybridized carbons (Fsp3) is 0.571. The Balaban J connectivity index is 2.42. The van der Waals surface area contributed by atoms with Crippen molar-refractivity contribution >= 4 is 17.6 Å². The molecule has 0 fully saturated rings. The number of carbonyl (C=O) groups is 2. The SMILES string of the molecule is CCCCCCCC(=O)Nc1c[nH]c(C)c1C(=O)O. The number of carboxylic acids is 1. The summed E-state index contributed by atoms with van der Waals surface area (Å²) >= 11 is 0. The summed E-state index contributed by atoms with van der Waals surface area (Å²) in [6, 6.07) is 0. The lowest BCUT2D eigenvalue weighted by Crippen LogP contribution is -2.13. The number of aromatic amines is 1. The number of rotatable bonds is 8. The Bertz CT molecular complexity index is 438. The molecule has 0 aliphatic carbocycles. The van der Waals surface area contributed by atoms with E-state index < -0.39 is 5.97 Å². The minimum atomic E-state index is -1.03. The second-order valence-electron chi connectivity index (χ2n) is 4.72. The van der Waals surface area contributed by atoms with Crippen LogP contribution in [0.3, 0.4) is 0 Å². The number of H-pyrrole nitrogens is 1. The first-order chi connectivity index (χ1) is 9.06. The van der Waals surface area contributed by atoms with Crippen LogP contribution in [-0.4, -0.2) is 22.0 Å². The highest BCUT2D eigenvalue weighted by atomic mass is 16.4. The third-order valence-electron chi connectivity index (χ3n) is 3.07. The zero-order valence-electron chi connectivity index (χ0n) is 11.6. The zero-order valence-corrected chi connectivity index (χ0v) is 11.6. The maximum absolute atomic E-state index is 11.7. The molecule has 0 aliphatic rings. The number of anilines is 1. The second-order valence-corrected chi connectivity index (χ2v) is 4.72. The number of aryl methyl sites for hydroxylation is 1. The van der Waals surface area contributed by atoms with Gasteiger partial charge in [0.2, 0.25) is 5.91 Å². The Labute approximate surface area is 113 Å². The van der Waals surface area contributed by atoms with Crippen molar-refractivity contribution in [3.8, 4) is 0 Å². The summed E-state index contributed by atoms with van der Waals surface area (Å²) in [6.45, 7) is 3.82. The molecule has 1 rings (SSSR count). The van der Waals surface area contributed by atoms with Crippen LogP contribution in [0, 0.1) is 6.92 Å². The van der Waals surface area contributed by atoms with Crippen LogP contribution in [0.5, 0.6) is 0 Å². The van der Waals surface area contributed by atoms with Gasteiger partial charge >= 0.3 is 5.97 Å². The third-order valence-corrected chi connectivity index (χ3v) is 3.07. The number of unbranched alkanes of at least 4 members (excludes halogenated alkanes) is 4. The normalized spacial score (nSPS) is 10.4. The molecular formula is C14H22N2O3. The first-order valence-corrected chi connectivity index (χ1v) is 6.77. The molecule has 0 saturated carbocycles. The maximum Gasteiger partial charge on any atom is 0.339 e. The van der Waals surface area contributed by atoms with Crippen molar-refractivity contribution in [1.82, 2.24) is 4.98 Å². The highest BCUT2D eigenvalue weighted by Crippen LogP contribution is 2.19. The fourth-order valence-electron chi connectivity index (χ4n) is 2.00. The second kappa shape index (κ2) is 7.61. The maximum atomic E-state index is 11.7. The van der Waals surface area contributed by atoms with Crippen LogP contribution >= 0.6 is 0 Å². The van der Waals surface area contributed by atoms with Crippen LogP contribution in [0.2, 0.25) is 0 Å². The van der Waals surface area contributed by atoms with E-state index >= 15 is 0 Å². The number of aromatic carboxylic acids is 1. The molecule has 106 valence electrons. The Morgan fingerprint density at radius 1 is 1.26 bits per heavy atom. The molecule has 5 nitrogen and oxygen atoms in total. The molecule has 1 heterocycles. The minimum Gasteiger partial charge on any atom is -0.478 e. The summed E-state index contributed by atoms with van der Waals surface area (Å²) in [5, 5.41) is 11.7. The van der Waals surface area contributed by atoms with Gasteiger partial charge in [-0.05, 0) is 13.3 Å². The Morgan fingerprint density at radius 3 is 2.58 bits per heavy atom. The summed E-state index contributed by atoms with van der Waals surface area (Å²) in [5.74, 6) is -1.16. The van der Waals surface area contributed by atoms with Crippen molar-refractivity contribution in [2.24, 2.45) is 0 Å². The lowest BCUT2D eigenvalue weighted by Gasteiger charge is -2.05. The molecule has 1 amide bonds. The van der Waals surface area contributed by atoms with Gasteiger partial charge in [0.25, 0.3) is 0 Å². The summed E-state index contributed by atoms with van der Waals surface area (Å²) in [5.41, 5.74) is 1.04. The van der Waals surface area contributed by atoms with E-state index in [0.29, 0.717) is 17.8 Å². The summed E-state index contributed by atoms with van der Waals surface area (Å²) < 4.78 is 0. The molecule has 0 unspecified atom stereocenters. The van der Waals surface area contributed by atoms with Crippen molar-refractivity contribution < 1.29 is 14.7 Å². The van der Waals surface area contributed by atoms with Gasteiger partial charge in [-0.25, -0.2) is 4.79 Å². The Hall–Kier alpha value is -1.78. The largest absolute Gasteiger partial charge is 0.478 e. The third kappa shape index (κ3) is 4.77. The number of carboxylic acid groups (broad SMARTS) is 1. The van der Waals surface area contributed by atoms with E-state index in [1.807, 2.05) is 0 Å². The fourth-order valence-corrected chi connectivity index (χ4v) is 2.00. The van der Waals surface area contributed by atoms with E-state index in [0.717, 1.165) is 19.3 Å². The molecule has 5 heteroatoms. The topological polar surface area (TPSA) is 82.2 Å². The number of hydrogen-bond donors (Lipinski definition) is 3. The van der Waals surface area contributed by atoms with Crippen LogP contribution in [0.1, 0.15) is 61.5 Å². The average molecular weight is 266 g/mol. The van der Waals surface area contributed by atoms with Crippen LogP contribution in [0.15, 0.2) is 6.20 Å². The lowest BCUT2D eigenvalue weighted by molar-refractivity contribution is -0.116. The van der Waals surface area contributed by atoms with E-state index in [2.05, 4.69) is 17.2 Å². The molecule has 0 atom stereocenters. The summed E-state index contributed by atoms with van der Waals surface area (Å²) in [7, 11) is 0. The van der Waals surface area contributed by atoms with Crippen molar-refractivity contribution in [3.05, 3.63) is 17.5 Å². The molecule has 0 bridgehead atoms. The highest BCUT2D eigenvalue weighted by molar-refractivity contribution is 6.01.